The second-order valence-electron chi connectivity index (χ2n) is 5.62. The average Bonchev–Trinajstić information content (AvgIpc) is 3.06. The van der Waals surface area contributed by atoms with E-state index in [2.05, 4.69) is 10.6 Å². The van der Waals surface area contributed by atoms with Crippen LogP contribution in [0.3, 0.4) is 0 Å². The maximum Gasteiger partial charge on any atom is 0.234 e. The first kappa shape index (κ1) is 16.6. The van der Waals surface area contributed by atoms with Gasteiger partial charge in [0.25, 0.3) is 0 Å². The Morgan fingerprint density at radius 3 is 2.71 bits per heavy atom. The zero-order valence-electron chi connectivity index (χ0n) is 13.3. The Morgan fingerprint density at radius 2 is 1.92 bits per heavy atom. The lowest BCUT2D eigenvalue weighted by Crippen LogP contribution is -2.34. The summed E-state index contributed by atoms with van der Waals surface area (Å²) in [7, 11) is 0. The van der Waals surface area contributed by atoms with Crippen LogP contribution in [0.2, 0.25) is 5.02 Å². The van der Waals surface area contributed by atoms with E-state index in [0.717, 1.165) is 22.6 Å². The molecule has 1 amide bonds. The summed E-state index contributed by atoms with van der Waals surface area (Å²) in [6.45, 7) is 2.95. The number of benzene rings is 2. The smallest absolute Gasteiger partial charge is 0.234 e. The van der Waals surface area contributed by atoms with E-state index in [4.69, 9.17) is 21.1 Å². The van der Waals surface area contributed by atoms with Crippen LogP contribution in [0.1, 0.15) is 24.1 Å². The number of carbonyl (C=O) groups excluding carboxylic acids is 1. The molecular formula is C18H19ClN2O3. The molecule has 0 aromatic heterocycles. The van der Waals surface area contributed by atoms with Gasteiger partial charge in [-0.05, 0) is 42.3 Å². The normalized spacial score (nSPS) is 13.6. The molecule has 0 bridgehead atoms. The van der Waals surface area contributed by atoms with Crippen LogP contribution in [0.5, 0.6) is 11.5 Å². The van der Waals surface area contributed by atoms with E-state index >= 15 is 0 Å². The maximum absolute atomic E-state index is 12.0. The molecule has 0 saturated carbocycles. The van der Waals surface area contributed by atoms with Crippen molar-refractivity contribution >= 4 is 17.5 Å². The number of amides is 1. The molecule has 2 N–H and O–H groups in total. The Morgan fingerprint density at radius 1 is 1.17 bits per heavy atom. The van der Waals surface area contributed by atoms with Crippen molar-refractivity contribution in [1.82, 2.24) is 10.6 Å². The van der Waals surface area contributed by atoms with Crippen LogP contribution in [-0.4, -0.2) is 19.2 Å². The summed E-state index contributed by atoms with van der Waals surface area (Å²) in [5.74, 6) is 1.40. The van der Waals surface area contributed by atoms with Gasteiger partial charge in [-0.3, -0.25) is 4.79 Å². The van der Waals surface area contributed by atoms with Crippen LogP contribution >= 0.6 is 11.6 Å². The molecule has 0 saturated heterocycles. The van der Waals surface area contributed by atoms with Crippen LogP contribution in [0, 0.1) is 0 Å². The van der Waals surface area contributed by atoms with E-state index in [1.54, 1.807) is 0 Å². The van der Waals surface area contributed by atoms with Gasteiger partial charge in [-0.25, -0.2) is 0 Å². The Balaban J connectivity index is 1.45. The third kappa shape index (κ3) is 4.19. The zero-order valence-corrected chi connectivity index (χ0v) is 14.1. The largest absolute Gasteiger partial charge is 0.454 e. The molecular weight excluding hydrogens is 328 g/mol. The fraction of sp³-hybridized carbons (Fsp3) is 0.278. The van der Waals surface area contributed by atoms with Gasteiger partial charge in [0.1, 0.15) is 0 Å². The van der Waals surface area contributed by atoms with Crippen molar-refractivity contribution in [1.29, 1.82) is 0 Å². The predicted octanol–water partition coefficient (Wildman–Crippen LogP) is 3.04. The molecule has 1 heterocycles. The highest BCUT2D eigenvalue weighted by Crippen LogP contribution is 2.32. The summed E-state index contributed by atoms with van der Waals surface area (Å²) in [4.78, 5) is 12.0. The van der Waals surface area contributed by atoms with Gasteiger partial charge in [0.2, 0.25) is 12.7 Å². The third-order valence-electron chi connectivity index (χ3n) is 3.87. The van der Waals surface area contributed by atoms with E-state index < -0.39 is 0 Å². The second kappa shape index (κ2) is 7.55. The number of nitrogens with one attached hydrogen (secondary N) is 2. The lowest BCUT2D eigenvalue weighted by Gasteiger charge is -2.14. The van der Waals surface area contributed by atoms with Gasteiger partial charge >= 0.3 is 0 Å². The van der Waals surface area contributed by atoms with Crippen LogP contribution in [-0.2, 0) is 11.3 Å². The summed E-state index contributed by atoms with van der Waals surface area (Å²) in [6.07, 6.45) is 0. The number of rotatable bonds is 6. The Labute approximate surface area is 145 Å². The van der Waals surface area contributed by atoms with Gasteiger partial charge in [-0.1, -0.05) is 29.8 Å². The van der Waals surface area contributed by atoms with Gasteiger partial charge in [-0.15, -0.1) is 0 Å². The standard InChI is InChI=1S/C18H19ClN2O3/c1-12(14-3-5-15(19)6-4-14)20-10-18(22)21-9-13-2-7-16-17(8-13)24-11-23-16/h2-8,12,20H,9-11H2,1H3,(H,21,22)/t12-/m0/s1. The van der Waals surface area contributed by atoms with Crippen molar-refractivity contribution < 1.29 is 14.3 Å². The van der Waals surface area contributed by atoms with Crippen LogP contribution in [0.15, 0.2) is 42.5 Å². The quantitative estimate of drug-likeness (QED) is 0.844. The Kier molecular flexibility index (Phi) is 5.23. The molecule has 5 nitrogen and oxygen atoms in total. The Bertz CT molecular complexity index is 719. The fourth-order valence-electron chi connectivity index (χ4n) is 2.43. The number of fused-ring (bicyclic) bond motifs is 1. The second-order valence-corrected chi connectivity index (χ2v) is 6.05. The highest BCUT2D eigenvalue weighted by atomic mass is 35.5. The number of halogens is 1. The van der Waals surface area contributed by atoms with Crippen molar-refractivity contribution in [2.24, 2.45) is 0 Å². The van der Waals surface area contributed by atoms with Crippen LogP contribution in [0.4, 0.5) is 0 Å². The zero-order chi connectivity index (χ0) is 16.9. The number of carbonyl (C=O) groups is 1. The first-order valence-electron chi connectivity index (χ1n) is 7.76. The topological polar surface area (TPSA) is 59.6 Å². The first-order valence-corrected chi connectivity index (χ1v) is 8.13. The minimum atomic E-state index is -0.0616. The third-order valence-corrected chi connectivity index (χ3v) is 4.12. The number of hydrogen-bond acceptors (Lipinski definition) is 4. The summed E-state index contributed by atoms with van der Waals surface area (Å²) in [5, 5.41) is 6.78. The number of hydrogen-bond donors (Lipinski definition) is 2. The lowest BCUT2D eigenvalue weighted by molar-refractivity contribution is -0.120. The molecule has 0 spiro atoms. The first-order chi connectivity index (χ1) is 11.6. The van der Waals surface area contributed by atoms with E-state index in [1.165, 1.54) is 0 Å². The molecule has 1 aliphatic heterocycles. The molecule has 3 rings (SSSR count). The van der Waals surface area contributed by atoms with Crippen LogP contribution < -0.4 is 20.1 Å². The molecule has 6 heteroatoms. The highest BCUT2D eigenvalue weighted by molar-refractivity contribution is 6.30. The van der Waals surface area contributed by atoms with Crippen molar-refractivity contribution in [3.63, 3.8) is 0 Å². The lowest BCUT2D eigenvalue weighted by atomic mass is 10.1. The van der Waals surface area contributed by atoms with Crippen molar-refractivity contribution in [2.45, 2.75) is 19.5 Å². The van der Waals surface area contributed by atoms with Gasteiger partial charge in [-0.2, -0.15) is 0 Å². The van der Waals surface area contributed by atoms with E-state index in [0.29, 0.717) is 11.6 Å². The van der Waals surface area contributed by atoms with Crippen molar-refractivity contribution in [2.75, 3.05) is 13.3 Å². The van der Waals surface area contributed by atoms with Gasteiger partial charge in [0.15, 0.2) is 11.5 Å². The summed E-state index contributed by atoms with van der Waals surface area (Å²) < 4.78 is 10.6. The van der Waals surface area contributed by atoms with Gasteiger partial charge < -0.3 is 20.1 Å². The molecule has 1 aliphatic rings. The van der Waals surface area contributed by atoms with Crippen molar-refractivity contribution in [3.8, 4) is 11.5 Å². The van der Waals surface area contributed by atoms with Gasteiger partial charge in [0, 0.05) is 17.6 Å². The SMILES string of the molecule is C[C@H](NCC(=O)NCc1ccc2c(c1)OCO2)c1ccc(Cl)cc1. The molecule has 0 unspecified atom stereocenters. The molecule has 24 heavy (non-hydrogen) atoms. The molecule has 126 valence electrons. The maximum atomic E-state index is 12.0. The molecule has 0 fully saturated rings. The van der Waals surface area contributed by atoms with Gasteiger partial charge in [0.05, 0.1) is 6.54 Å². The molecule has 2 aromatic rings. The Hall–Kier alpha value is -2.24. The highest BCUT2D eigenvalue weighted by Gasteiger charge is 2.13. The van der Waals surface area contributed by atoms with E-state index in [-0.39, 0.29) is 25.3 Å². The minimum Gasteiger partial charge on any atom is -0.454 e. The average molecular weight is 347 g/mol. The summed E-state index contributed by atoms with van der Waals surface area (Å²) in [5.41, 5.74) is 2.06. The molecule has 0 radical (unpaired) electrons. The fourth-order valence-corrected chi connectivity index (χ4v) is 2.56. The monoisotopic (exact) mass is 346 g/mol. The van der Waals surface area contributed by atoms with E-state index in [9.17, 15) is 4.79 Å². The molecule has 0 aliphatic carbocycles. The molecule has 2 aromatic carbocycles. The molecule has 1 atom stereocenters. The van der Waals surface area contributed by atoms with E-state index in [1.807, 2.05) is 49.4 Å². The minimum absolute atomic E-state index is 0.0616. The van der Waals surface area contributed by atoms with Crippen LogP contribution in [0.25, 0.3) is 0 Å². The summed E-state index contributed by atoms with van der Waals surface area (Å²) in [6, 6.07) is 13.3. The summed E-state index contributed by atoms with van der Waals surface area (Å²) >= 11 is 5.88. The predicted molar refractivity (Wildman–Crippen MR) is 92.3 cm³/mol. The number of ether oxygens (including phenoxy) is 2. The van der Waals surface area contributed by atoms with Crippen molar-refractivity contribution in [3.05, 3.63) is 58.6 Å².